The van der Waals surface area contributed by atoms with Crippen molar-refractivity contribution in [1.82, 2.24) is 19.6 Å². The lowest BCUT2D eigenvalue weighted by atomic mass is 10.1. The summed E-state index contributed by atoms with van der Waals surface area (Å²) in [6.07, 6.45) is 6.81. The van der Waals surface area contributed by atoms with Crippen molar-refractivity contribution in [2.24, 2.45) is 0 Å². The summed E-state index contributed by atoms with van der Waals surface area (Å²) in [5.74, 6) is 0.234. The predicted octanol–water partition coefficient (Wildman–Crippen LogP) is 2.40. The van der Waals surface area contributed by atoms with Gasteiger partial charge in [-0.05, 0) is 32.1 Å². The van der Waals surface area contributed by atoms with E-state index in [0.29, 0.717) is 24.9 Å². The van der Waals surface area contributed by atoms with E-state index in [1.165, 1.54) is 4.52 Å². The van der Waals surface area contributed by atoms with Crippen molar-refractivity contribution in [2.45, 2.75) is 49.7 Å². The third-order valence-electron chi connectivity index (χ3n) is 4.63. The number of aryl methyl sites for hydroxylation is 1. The molecule has 2 aromatic heterocycles. The number of nitrogens with one attached hydrogen (secondary N) is 1. The number of hydrogen-bond donors (Lipinski definition) is 1. The summed E-state index contributed by atoms with van der Waals surface area (Å²) in [6.45, 7) is 0. The first-order valence-corrected chi connectivity index (χ1v) is 14.2. The van der Waals surface area contributed by atoms with Crippen LogP contribution in [0.5, 0.6) is 0 Å². The van der Waals surface area contributed by atoms with Crippen molar-refractivity contribution < 1.29 is 16.8 Å². The van der Waals surface area contributed by atoms with Gasteiger partial charge < -0.3 is 5.32 Å². The summed E-state index contributed by atoms with van der Waals surface area (Å²) in [5.41, 5.74) is 1.06. The molecule has 0 atom stereocenters. The molecule has 0 saturated heterocycles. The lowest BCUT2D eigenvalue weighted by Crippen LogP contribution is -2.20. The average Bonchev–Trinajstić information content (AvgIpc) is 3.48. The highest BCUT2D eigenvalue weighted by molar-refractivity contribution is 8.07. The minimum atomic E-state index is -4.21. The van der Waals surface area contributed by atoms with Crippen molar-refractivity contribution >= 4 is 31.3 Å². The summed E-state index contributed by atoms with van der Waals surface area (Å²) in [4.78, 5) is 8.15. The number of sulfone groups is 2. The molecule has 1 aliphatic carbocycles. The molecule has 12 heteroatoms. The third kappa shape index (κ3) is 7.50. The Bertz CT molecular complexity index is 1300. The van der Waals surface area contributed by atoms with E-state index < -0.39 is 29.9 Å². The predicted molar refractivity (Wildman–Crippen MR) is 124 cm³/mol. The molecule has 1 N–H and O–H groups in total. The Kier molecular flexibility index (Phi) is 7.99. The lowest BCUT2D eigenvalue weighted by molar-refractivity contribution is 0.584. The highest BCUT2D eigenvalue weighted by Crippen LogP contribution is 2.25. The van der Waals surface area contributed by atoms with Crippen molar-refractivity contribution in [2.75, 3.05) is 16.7 Å². The summed E-state index contributed by atoms with van der Waals surface area (Å²) in [6, 6.07) is 14.3. The van der Waals surface area contributed by atoms with E-state index in [4.69, 9.17) is 5.26 Å². The summed E-state index contributed by atoms with van der Waals surface area (Å²) >= 11 is 0. The zero-order chi connectivity index (χ0) is 23.9. The second-order valence-corrected chi connectivity index (χ2v) is 12.2. The lowest BCUT2D eigenvalue weighted by Gasteiger charge is -2.09. The molecule has 0 bridgehead atoms. The Morgan fingerprint density at radius 1 is 1.06 bits per heavy atom. The van der Waals surface area contributed by atoms with E-state index in [1.807, 2.05) is 36.4 Å². The Balaban J connectivity index is 0.000000442. The van der Waals surface area contributed by atoms with Gasteiger partial charge in [-0.25, -0.2) is 16.8 Å². The maximum Gasteiger partial charge on any atom is 0.253 e. The zero-order valence-electron chi connectivity index (χ0n) is 18.3. The third-order valence-corrected chi connectivity index (χ3v) is 8.32. The molecule has 0 radical (unpaired) electrons. The largest absolute Gasteiger partial charge is 0.351 e. The standard InChI is InChI=1S/C15H20N6O4S2.C6H6/c1-26(22,23)10-27(24,25)15-19-13-11(5-3-2-4-8-16)9-17-21(13)14(20-15)18-12-6-7-12;1-2-4-6-5-3-1/h9,12H,2-7,10H2,1H3,(H,18,19,20);1-6H. The van der Waals surface area contributed by atoms with Gasteiger partial charge in [-0.3, -0.25) is 0 Å². The molecule has 176 valence electrons. The Labute approximate surface area is 193 Å². The molecule has 1 aromatic carbocycles. The summed E-state index contributed by atoms with van der Waals surface area (Å²) in [5, 5.41) is 14.4. The molecular formula is C21H26N6O4S2. The van der Waals surface area contributed by atoms with Crippen LogP contribution in [0.3, 0.4) is 0 Å². The molecule has 0 amide bonds. The molecule has 3 aromatic rings. The van der Waals surface area contributed by atoms with E-state index in [0.717, 1.165) is 31.1 Å². The van der Waals surface area contributed by atoms with Crippen LogP contribution in [-0.2, 0) is 26.1 Å². The highest BCUT2D eigenvalue weighted by atomic mass is 32.3. The molecular weight excluding hydrogens is 464 g/mol. The molecule has 0 aliphatic heterocycles. The van der Waals surface area contributed by atoms with Crippen LogP contribution in [0.2, 0.25) is 0 Å². The highest BCUT2D eigenvalue weighted by Gasteiger charge is 2.29. The van der Waals surface area contributed by atoms with Gasteiger partial charge in [0.2, 0.25) is 15.8 Å². The number of unbranched alkanes of at least 4 members (excludes halogenated alkanes) is 2. The van der Waals surface area contributed by atoms with Gasteiger partial charge in [-0.1, -0.05) is 36.4 Å². The van der Waals surface area contributed by atoms with Crippen LogP contribution in [0.4, 0.5) is 5.95 Å². The van der Waals surface area contributed by atoms with Crippen LogP contribution < -0.4 is 5.32 Å². The first kappa shape index (κ1) is 24.6. The van der Waals surface area contributed by atoms with Gasteiger partial charge in [-0.15, -0.1) is 0 Å². The molecule has 10 nitrogen and oxygen atoms in total. The minimum Gasteiger partial charge on any atom is -0.351 e. The van der Waals surface area contributed by atoms with Gasteiger partial charge in [0, 0.05) is 24.3 Å². The van der Waals surface area contributed by atoms with Crippen LogP contribution >= 0.6 is 0 Å². The number of fused-ring (bicyclic) bond motifs is 1. The topological polar surface area (TPSA) is 147 Å². The van der Waals surface area contributed by atoms with Gasteiger partial charge in [0.05, 0.1) is 12.3 Å². The number of nitriles is 1. The van der Waals surface area contributed by atoms with Crippen molar-refractivity contribution in [1.29, 1.82) is 5.26 Å². The van der Waals surface area contributed by atoms with Crippen LogP contribution in [0.15, 0.2) is 47.8 Å². The van der Waals surface area contributed by atoms with Crippen molar-refractivity contribution in [3.05, 3.63) is 48.2 Å². The minimum absolute atomic E-state index is 0.192. The number of anilines is 1. The SMILES string of the molecule is CS(=O)(=O)CS(=O)(=O)c1nc(NC2CC2)n2ncc(CCCCC#N)c2n1.c1ccccc1. The normalized spacial score (nSPS) is 13.7. The first-order valence-electron chi connectivity index (χ1n) is 10.5. The molecule has 1 fully saturated rings. The van der Waals surface area contributed by atoms with Gasteiger partial charge in [0.15, 0.2) is 20.6 Å². The van der Waals surface area contributed by atoms with Gasteiger partial charge >= 0.3 is 0 Å². The van der Waals surface area contributed by atoms with Gasteiger partial charge in [-0.2, -0.15) is 24.8 Å². The van der Waals surface area contributed by atoms with Crippen LogP contribution in [-0.4, -0.2) is 53.8 Å². The fourth-order valence-electron chi connectivity index (χ4n) is 2.96. The van der Waals surface area contributed by atoms with Gasteiger partial charge in [0.1, 0.15) is 0 Å². The fraction of sp³-hybridized carbons (Fsp3) is 0.429. The number of nitrogens with zero attached hydrogens (tertiary/aromatic N) is 5. The smallest absolute Gasteiger partial charge is 0.253 e. The van der Waals surface area contributed by atoms with Crippen LogP contribution in [0.1, 0.15) is 37.7 Å². The van der Waals surface area contributed by atoms with E-state index in [-0.39, 0.29) is 12.0 Å². The molecule has 1 saturated carbocycles. The Morgan fingerprint density at radius 2 is 1.70 bits per heavy atom. The van der Waals surface area contributed by atoms with Gasteiger partial charge in [0.25, 0.3) is 5.16 Å². The van der Waals surface area contributed by atoms with Crippen molar-refractivity contribution in [3.63, 3.8) is 0 Å². The van der Waals surface area contributed by atoms with E-state index in [1.54, 1.807) is 6.20 Å². The maximum atomic E-state index is 12.5. The number of aromatic nitrogens is 4. The number of hydrogen-bond acceptors (Lipinski definition) is 9. The number of benzene rings is 1. The van der Waals surface area contributed by atoms with Crippen LogP contribution in [0, 0.1) is 11.3 Å². The second-order valence-electron chi connectivity index (χ2n) is 7.83. The average molecular weight is 491 g/mol. The van der Waals surface area contributed by atoms with E-state index >= 15 is 0 Å². The van der Waals surface area contributed by atoms with Crippen molar-refractivity contribution in [3.8, 4) is 6.07 Å². The second kappa shape index (κ2) is 10.7. The Hall–Kier alpha value is -3.04. The molecule has 33 heavy (non-hydrogen) atoms. The molecule has 0 unspecified atom stereocenters. The van der Waals surface area contributed by atoms with Crippen LogP contribution in [0.25, 0.3) is 5.65 Å². The summed E-state index contributed by atoms with van der Waals surface area (Å²) < 4.78 is 49.4. The molecule has 0 spiro atoms. The zero-order valence-corrected chi connectivity index (χ0v) is 19.9. The quantitative estimate of drug-likeness (QED) is 0.446. The maximum absolute atomic E-state index is 12.5. The molecule has 1 aliphatic rings. The molecule has 4 rings (SSSR count). The number of rotatable bonds is 9. The summed E-state index contributed by atoms with van der Waals surface area (Å²) in [7, 11) is -7.97. The fourth-order valence-corrected chi connectivity index (χ4v) is 6.09. The molecule has 2 heterocycles. The monoisotopic (exact) mass is 490 g/mol. The van der Waals surface area contributed by atoms with E-state index in [2.05, 4.69) is 26.5 Å². The Morgan fingerprint density at radius 3 is 2.24 bits per heavy atom. The van der Waals surface area contributed by atoms with E-state index in [9.17, 15) is 16.8 Å². The first-order chi connectivity index (χ1) is 15.7.